The highest BCUT2D eigenvalue weighted by Gasteiger charge is 2.21. The van der Waals surface area contributed by atoms with E-state index in [1.807, 2.05) is 16.0 Å². The first-order valence-corrected chi connectivity index (χ1v) is 6.86. The normalized spacial score (nSPS) is 13.6. The summed E-state index contributed by atoms with van der Waals surface area (Å²) in [5.41, 5.74) is 1.05. The van der Waals surface area contributed by atoms with Crippen LogP contribution in [0.4, 0.5) is 0 Å². The van der Waals surface area contributed by atoms with Gasteiger partial charge in [0.15, 0.2) is 11.3 Å². The fraction of sp³-hybridized carbons (Fsp3) is 0.583. The van der Waals surface area contributed by atoms with Crippen molar-refractivity contribution in [1.82, 2.24) is 14.7 Å². The quantitative estimate of drug-likeness (QED) is 0.775. The summed E-state index contributed by atoms with van der Waals surface area (Å²) in [5.74, 6) is 0. The lowest BCUT2D eigenvalue weighted by Gasteiger charge is -2.24. The standard InChI is InChI=1S/C12H19N3O2S/c1-4-13-10(11(16-2)17-3)7-9-8-15-5-6-18-12(15)14-9/h5-6,8,10-11,13H,4,7H2,1-3H3. The maximum absolute atomic E-state index is 5.33. The van der Waals surface area contributed by atoms with Crippen LogP contribution in [0.2, 0.25) is 0 Å². The van der Waals surface area contributed by atoms with Crippen LogP contribution in [0.25, 0.3) is 4.96 Å². The molecule has 0 radical (unpaired) electrons. The lowest BCUT2D eigenvalue weighted by Crippen LogP contribution is -2.43. The molecule has 100 valence electrons. The van der Waals surface area contributed by atoms with E-state index in [-0.39, 0.29) is 12.3 Å². The van der Waals surface area contributed by atoms with Crippen LogP contribution in [0.1, 0.15) is 12.6 Å². The molecule has 1 atom stereocenters. The van der Waals surface area contributed by atoms with Crippen molar-refractivity contribution < 1.29 is 9.47 Å². The van der Waals surface area contributed by atoms with Crippen molar-refractivity contribution >= 4 is 16.3 Å². The van der Waals surface area contributed by atoms with Crippen molar-refractivity contribution in [1.29, 1.82) is 0 Å². The topological polar surface area (TPSA) is 47.8 Å². The van der Waals surface area contributed by atoms with E-state index in [1.54, 1.807) is 25.6 Å². The molecule has 2 aromatic heterocycles. The SMILES string of the molecule is CCNC(Cc1cn2ccsc2n1)C(OC)OC. The summed E-state index contributed by atoms with van der Waals surface area (Å²) < 4.78 is 12.7. The van der Waals surface area contributed by atoms with Gasteiger partial charge in [-0.2, -0.15) is 0 Å². The van der Waals surface area contributed by atoms with Gasteiger partial charge in [-0.3, -0.25) is 4.40 Å². The van der Waals surface area contributed by atoms with Gasteiger partial charge in [0.05, 0.1) is 11.7 Å². The predicted octanol–water partition coefficient (Wildman–Crippen LogP) is 1.54. The largest absolute Gasteiger partial charge is 0.354 e. The zero-order valence-corrected chi connectivity index (χ0v) is 11.7. The summed E-state index contributed by atoms with van der Waals surface area (Å²) in [6, 6.07) is 0.106. The average Bonchev–Trinajstić information content (AvgIpc) is 2.91. The Morgan fingerprint density at radius 2 is 2.22 bits per heavy atom. The highest BCUT2D eigenvalue weighted by molar-refractivity contribution is 7.15. The molecule has 0 aliphatic heterocycles. The van der Waals surface area contributed by atoms with Crippen LogP contribution in [-0.4, -0.2) is 42.5 Å². The summed E-state index contributed by atoms with van der Waals surface area (Å²) in [4.78, 5) is 5.60. The van der Waals surface area contributed by atoms with Crippen LogP contribution in [0, 0.1) is 0 Å². The van der Waals surface area contributed by atoms with Gasteiger partial charge in [0, 0.05) is 38.4 Å². The number of fused-ring (bicyclic) bond motifs is 1. The Hall–Kier alpha value is -0.950. The second-order valence-electron chi connectivity index (χ2n) is 4.03. The predicted molar refractivity (Wildman–Crippen MR) is 72.0 cm³/mol. The van der Waals surface area contributed by atoms with Crippen LogP contribution in [-0.2, 0) is 15.9 Å². The first-order valence-electron chi connectivity index (χ1n) is 5.98. The van der Waals surface area contributed by atoms with E-state index in [4.69, 9.17) is 9.47 Å². The third kappa shape index (κ3) is 2.89. The third-order valence-corrected chi connectivity index (χ3v) is 3.60. The molecule has 0 amide bonds. The molecule has 2 heterocycles. The lowest BCUT2D eigenvalue weighted by molar-refractivity contribution is -0.122. The van der Waals surface area contributed by atoms with Crippen LogP contribution in [0.5, 0.6) is 0 Å². The number of imidazole rings is 1. The van der Waals surface area contributed by atoms with Gasteiger partial charge in [-0.05, 0) is 6.54 Å². The van der Waals surface area contributed by atoms with E-state index in [1.165, 1.54) is 0 Å². The van der Waals surface area contributed by atoms with Crippen molar-refractivity contribution in [2.24, 2.45) is 0 Å². The third-order valence-electron chi connectivity index (χ3n) is 2.83. The van der Waals surface area contributed by atoms with Gasteiger partial charge in [-0.1, -0.05) is 6.92 Å². The number of likely N-dealkylation sites (N-methyl/N-ethyl adjacent to an activating group) is 1. The Morgan fingerprint density at radius 1 is 1.44 bits per heavy atom. The number of nitrogens with one attached hydrogen (secondary N) is 1. The van der Waals surface area contributed by atoms with Crippen LogP contribution >= 0.6 is 11.3 Å². The Balaban J connectivity index is 2.10. The second-order valence-corrected chi connectivity index (χ2v) is 4.91. The zero-order valence-electron chi connectivity index (χ0n) is 10.9. The fourth-order valence-electron chi connectivity index (χ4n) is 2.05. The monoisotopic (exact) mass is 269 g/mol. The molecule has 0 saturated heterocycles. The highest BCUT2D eigenvalue weighted by atomic mass is 32.1. The molecule has 0 aliphatic rings. The molecule has 2 aromatic rings. The van der Waals surface area contributed by atoms with Gasteiger partial charge in [0.25, 0.3) is 0 Å². The molecular weight excluding hydrogens is 250 g/mol. The van der Waals surface area contributed by atoms with Gasteiger partial charge >= 0.3 is 0 Å². The second kappa shape index (κ2) is 6.29. The summed E-state index contributed by atoms with van der Waals surface area (Å²) in [6.45, 7) is 2.94. The van der Waals surface area contributed by atoms with Gasteiger partial charge < -0.3 is 14.8 Å². The van der Waals surface area contributed by atoms with Gasteiger partial charge in [-0.15, -0.1) is 11.3 Å². The van der Waals surface area contributed by atoms with E-state index in [9.17, 15) is 0 Å². The molecule has 6 heteroatoms. The van der Waals surface area contributed by atoms with Crippen molar-refractivity contribution in [3.05, 3.63) is 23.5 Å². The molecule has 0 fully saturated rings. The van der Waals surface area contributed by atoms with E-state index < -0.39 is 0 Å². The number of nitrogens with zero attached hydrogens (tertiary/aromatic N) is 2. The summed E-state index contributed by atoms with van der Waals surface area (Å²) >= 11 is 1.64. The minimum atomic E-state index is -0.260. The molecule has 5 nitrogen and oxygen atoms in total. The Morgan fingerprint density at radius 3 is 2.83 bits per heavy atom. The van der Waals surface area contributed by atoms with Crippen LogP contribution in [0.3, 0.4) is 0 Å². The molecule has 0 bridgehead atoms. The number of methoxy groups -OCH3 is 2. The van der Waals surface area contributed by atoms with E-state index >= 15 is 0 Å². The molecule has 0 saturated carbocycles. The first-order chi connectivity index (χ1) is 8.78. The lowest BCUT2D eigenvalue weighted by atomic mass is 10.1. The minimum absolute atomic E-state index is 0.106. The average molecular weight is 269 g/mol. The van der Waals surface area contributed by atoms with Gasteiger partial charge in [0.2, 0.25) is 0 Å². The van der Waals surface area contributed by atoms with E-state index in [2.05, 4.69) is 23.4 Å². The van der Waals surface area contributed by atoms with Crippen molar-refractivity contribution in [2.75, 3.05) is 20.8 Å². The molecule has 0 spiro atoms. The van der Waals surface area contributed by atoms with Crippen molar-refractivity contribution in [3.8, 4) is 0 Å². The number of thiazole rings is 1. The number of ether oxygens (including phenoxy) is 2. The number of hydrogen-bond acceptors (Lipinski definition) is 5. The zero-order chi connectivity index (χ0) is 13.0. The Bertz CT molecular complexity index is 450. The molecule has 1 N–H and O–H groups in total. The number of rotatable bonds is 7. The Labute approximate surface area is 111 Å². The minimum Gasteiger partial charge on any atom is -0.354 e. The van der Waals surface area contributed by atoms with E-state index in [0.717, 1.165) is 23.6 Å². The summed E-state index contributed by atoms with van der Waals surface area (Å²) in [6.07, 6.45) is 4.60. The maximum atomic E-state index is 5.33. The summed E-state index contributed by atoms with van der Waals surface area (Å²) in [5, 5.41) is 5.40. The molecule has 18 heavy (non-hydrogen) atoms. The van der Waals surface area contributed by atoms with Crippen LogP contribution < -0.4 is 5.32 Å². The summed E-state index contributed by atoms with van der Waals surface area (Å²) in [7, 11) is 3.31. The molecule has 0 aromatic carbocycles. The van der Waals surface area contributed by atoms with Gasteiger partial charge in [-0.25, -0.2) is 4.98 Å². The first kappa shape index (κ1) is 13.5. The van der Waals surface area contributed by atoms with Crippen molar-refractivity contribution in [2.45, 2.75) is 25.7 Å². The van der Waals surface area contributed by atoms with Crippen LogP contribution in [0.15, 0.2) is 17.8 Å². The molecular formula is C12H19N3O2S. The number of aromatic nitrogens is 2. The smallest absolute Gasteiger partial charge is 0.193 e. The number of hydrogen-bond donors (Lipinski definition) is 1. The van der Waals surface area contributed by atoms with E-state index in [0.29, 0.717) is 0 Å². The molecule has 1 unspecified atom stereocenters. The molecule has 2 rings (SSSR count). The van der Waals surface area contributed by atoms with Gasteiger partial charge in [0.1, 0.15) is 0 Å². The highest BCUT2D eigenvalue weighted by Crippen LogP contribution is 2.14. The van der Waals surface area contributed by atoms with Crippen molar-refractivity contribution in [3.63, 3.8) is 0 Å². The Kier molecular flexibility index (Phi) is 4.71. The fourth-order valence-corrected chi connectivity index (χ4v) is 2.77. The molecule has 0 aliphatic carbocycles. The maximum Gasteiger partial charge on any atom is 0.193 e.